The summed E-state index contributed by atoms with van der Waals surface area (Å²) in [6.45, 7) is 3.42. The van der Waals surface area contributed by atoms with Crippen LogP contribution in [0.2, 0.25) is 0 Å². The zero-order valence-electron chi connectivity index (χ0n) is 12.5. The third kappa shape index (κ3) is 3.60. The molecule has 0 aromatic heterocycles. The van der Waals surface area contributed by atoms with E-state index in [4.69, 9.17) is 0 Å². The quantitative estimate of drug-likeness (QED) is 0.600. The molecule has 0 saturated heterocycles. The minimum atomic E-state index is -4.05. The molecule has 0 amide bonds. The Kier molecular flexibility index (Phi) is 5.61. The van der Waals surface area contributed by atoms with Crippen LogP contribution in [-0.2, 0) is 14.8 Å². The van der Waals surface area contributed by atoms with Crippen molar-refractivity contribution in [2.45, 2.75) is 31.2 Å². The van der Waals surface area contributed by atoms with Gasteiger partial charge in [0.2, 0.25) is 10.0 Å². The van der Waals surface area contributed by atoms with Crippen molar-refractivity contribution in [3.05, 3.63) is 34.4 Å². The second-order valence-electron chi connectivity index (χ2n) is 4.94. The number of nitro benzene ring substituents is 1. The van der Waals surface area contributed by atoms with Crippen molar-refractivity contribution in [2.24, 2.45) is 5.92 Å². The normalized spacial score (nSPS) is 14.5. The van der Waals surface area contributed by atoms with E-state index in [1.165, 1.54) is 7.05 Å². The van der Waals surface area contributed by atoms with Gasteiger partial charge in [-0.2, -0.15) is 4.31 Å². The molecule has 22 heavy (non-hydrogen) atoms. The minimum absolute atomic E-state index is 0.185. The molecule has 0 heterocycles. The van der Waals surface area contributed by atoms with E-state index in [1.54, 1.807) is 13.8 Å². The van der Waals surface area contributed by atoms with E-state index in [1.807, 2.05) is 0 Å². The first-order valence-corrected chi connectivity index (χ1v) is 8.02. The van der Waals surface area contributed by atoms with E-state index in [0.717, 1.165) is 28.6 Å². The molecule has 8 nitrogen and oxygen atoms in total. The van der Waals surface area contributed by atoms with Gasteiger partial charge in [0, 0.05) is 19.2 Å². The molecule has 0 spiro atoms. The van der Waals surface area contributed by atoms with Crippen molar-refractivity contribution in [1.29, 1.82) is 0 Å². The summed E-state index contributed by atoms with van der Waals surface area (Å²) in [4.78, 5) is 21.1. The monoisotopic (exact) mass is 330 g/mol. The Hall–Kier alpha value is -2.00. The minimum Gasteiger partial charge on any atom is -0.480 e. The number of sulfonamides is 1. The zero-order chi connectivity index (χ0) is 17.1. The van der Waals surface area contributed by atoms with E-state index in [0.29, 0.717) is 6.42 Å². The zero-order valence-corrected chi connectivity index (χ0v) is 13.3. The maximum absolute atomic E-state index is 12.5. The summed E-state index contributed by atoms with van der Waals surface area (Å²) in [6.07, 6.45) is 0.497. The molecule has 2 atom stereocenters. The summed E-state index contributed by atoms with van der Waals surface area (Å²) in [5.74, 6) is -1.61. The molecule has 0 saturated carbocycles. The average Bonchev–Trinajstić information content (AvgIpc) is 2.46. The van der Waals surface area contributed by atoms with Crippen LogP contribution in [0, 0.1) is 16.0 Å². The molecule has 0 aliphatic rings. The lowest BCUT2D eigenvalue weighted by Crippen LogP contribution is -2.46. The van der Waals surface area contributed by atoms with Crippen LogP contribution < -0.4 is 0 Å². The molecule has 0 aliphatic carbocycles. The number of rotatable bonds is 7. The fourth-order valence-corrected chi connectivity index (χ4v) is 3.45. The second kappa shape index (κ2) is 6.84. The highest BCUT2D eigenvalue weighted by molar-refractivity contribution is 7.89. The lowest BCUT2D eigenvalue weighted by atomic mass is 10.00. The molecule has 122 valence electrons. The van der Waals surface area contributed by atoms with Gasteiger partial charge in [0.25, 0.3) is 5.69 Å². The van der Waals surface area contributed by atoms with Crippen LogP contribution in [0.25, 0.3) is 0 Å². The SMILES string of the molecule is CC[C@H](C)[C@@H](C(=O)O)N(C)S(=O)(=O)c1ccc([N+](=O)[O-])cc1. The molecule has 0 bridgehead atoms. The van der Waals surface area contributed by atoms with Gasteiger partial charge >= 0.3 is 5.97 Å². The molecule has 0 aliphatic heterocycles. The summed E-state index contributed by atoms with van der Waals surface area (Å²) in [7, 11) is -2.85. The Morgan fingerprint density at radius 3 is 2.23 bits per heavy atom. The number of carbonyl (C=O) groups is 1. The number of nitrogens with zero attached hydrogens (tertiary/aromatic N) is 2. The lowest BCUT2D eigenvalue weighted by Gasteiger charge is -2.28. The first kappa shape index (κ1) is 18.1. The van der Waals surface area contributed by atoms with E-state index >= 15 is 0 Å². The lowest BCUT2D eigenvalue weighted by molar-refractivity contribution is -0.384. The fraction of sp³-hybridized carbons (Fsp3) is 0.462. The topological polar surface area (TPSA) is 118 Å². The summed E-state index contributed by atoms with van der Waals surface area (Å²) in [5, 5.41) is 19.9. The van der Waals surface area contributed by atoms with Crippen LogP contribution in [0.1, 0.15) is 20.3 Å². The van der Waals surface area contributed by atoms with Gasteiger partial charge < -0.3 is 5.11 Å². The number of non-ortho nitro benzene ring substituents is 1. The molecule has 1 rings (SSSR count). The van der Waals surface area contributed by atoms with Gasteiger partial charge in [0.05, 0.1) is 9.82 Å². The maximum atomic E-state index is 12.5. The van der Waals surface area contributed by atoms with Gasteiger partial charge in [-0.3, -0.25) is 14.9 Å². The molecule has 0 unspecified atom stereocenters. The van der Waals surface area contributed by atoms with E-state index in [9.17, 15) is 28.4 Å². The van der Waals surface area contributed by atoms with Crippen molar-refractivity contribution >= 4 is 21.7 Å². The molecule has 1 N–H and O–H groups in total. The Morgan fingerprint density at radius 1 is 1.36 bits per heavy atom. The smallest absolute Gasteiger partial charge is 0.322 e. The molecule has 0 radical (unpaired) electrons. The van der Waals surface area contributed by atoms with Crippen LogP contribution >= 0.6 is 0 Å². The van der Waals surface area contributed by atoms with Gasteiger partial charge in [-0.05, 0) is 18.1 Å². The first-order chi connectivity index (χ1) is 10.1. The highest BCUT2D eigenvalue weighted by atomic mass is 32.2. The van der Waals surface area contributed by atoms with Crippen LogP contribution in [0.15, 0.2) is 29.2 Å². The van der Waals surface area contributed by atoms with Crippen molar-refractivity contribution in [2.75, 3.05) is 7.05 Å². The van der Waals surface area contributed by atoms with Gasteiger partial charge in [-0.1, -0.05) is 20.3 Å². The van der Waals surface area contributed by atoms with Gasteiger partial charge in [-0.25, -0.2) is 8.42 Å². The molecular weight excluding hydrogens is 312 g/mol. The summed E-state index contributed by atoms with van der Waals surface area (Å²) in [5.41, 5.74) is -0.238. The predicted octanol–water partition coefficient (Wildman–Crippen LogP) is 1.71. The van der Waals surface area contributed by atoms with Crippen molar-refractivity contribution in [3.63, 3.8) is 0 Å². The standard InChI is InChI=1S/C13H18N2O6S/c1-4-9(2)12(13(16)17)14(3)22(20,21)11-7-5-10(6-8-11)15(18)19/h5-9,12H,4H2,1-3H3,(H,16,17)/t9-,12-/m0/s1. The Labute approximate surface area is 128 Å². The van der Waals surface area contributed by atoms with Crippen LogP contribution in [0.3, 0.4) is 0 Å². The molecule has 1 aromatic rings. The molecule has 0 fully saturated rings. The van der Waals surface area contributed by atoms with Gasteiger partial charge in [-0.15, -0.1) is 0 Å². The summed E-state index contributed by atoms with van der Waals surface area (Å²) >= 11 is 0. The number of likely N-dealkylation sites (N-methyl/N-ethyl adjacent to an activating group) is 1. The summed E-state index contributed by atoms with van der Waals surface area (Å²) < 4.78 is 25.7. The number of carboxylic acids is 1. The van der Waals surface area contributed by atoms with Gasteiger partial charge in [0.15, 0.2) is 0 Å². The van der Waals surface area contributed by atoms with E-state index < -0.39 is 27.0 Å². The highest BCUT2D eigenvalue weighted by Gasteiger charge is 2.36. The Bertz CT molecular complexity index is 656. The third-order valence-electron chi connectivity index (χ3n) is 3.55. The second-order valence-corrected chi connectivity index (χ2v) is 6.94. The van der Waals surface area contributed by atoms with Crippen LogP contribution in [0.5, 0.6) is 0 Å². The number of hydrogen-bond donors (Lipinski definition) is 1. The Balaban J connectivity index is 3.21. The van der Waals surface area contributed by atoms with Crippen LogP contribution in [-0.4, -0.2) is 41.8 Å². The number of hydrogen-bond acceptors (Lipinski definition) is 5. The molecule has 1 aromatic carbocycles. The highest BCUT2D eigenvalue weighted by Crippen LogP contribution is 2.23. The number of benzene rings is 1. The van der Waals surface area contributed by atoms with Gasteiger partial charge in [0.1, 0.15) is 6.04 Å². The predicted molar refractivity (Wildman–Crippen MR) is 78.9 cm³/mol. The maximum Gasteiger partial charge on any atom is 0.322 e. The van der Waals surface area contributed by atoms with Crippen molar-refractivity contribution < 1.29 is 23.2 Å². The molecular formula is C13H18N2O6S. The van der Waals surface area contributed by atoms with E-state index in [-0.39, 0.29) is 16.5 Å². The average molecular weight is 330 g/mol. The molecule has 9 heteroatoms. The third-order valence-corrected chi connectivity index (χ3v) is 5.41. The number of aliphatic carboxylic acids is 1. The fourth-order valence-electron chi connectivity index (χ4n) is 2.04. The van der Waals surface area contributed by atoms with E-state index in [2.05, 4.69) is 0 Å². The Morgan fingerprint density at radius 2 is 1.86 bits per heavy atom. The van der Waals surface area contributed by atoms with Crippen LogP contribution in [0.4, 0.5) is 5.69 Å². The largest absolute Gasteiger partial charge is 0.480 e. The first-order valence-electron chi connectivity index (χ1n) is 6.58. The van der Waals surface area contributed by atoms with Crippen molar-refractivity contribution in [3.8, 4) is 0 Å². The number of carboxylic acid groups (broad SMARTS) is 1. The number of nitro groups is 1. The van der Waals surface area contributed by atoms with Crippen molar-refractivity contribution in [1.82, 2.24) is 4.31 Å². The summed E-state index contributed by atoms with van der Waals surface area (Å²) in [6, 6.07) is 3.13.